The number of hydrogen-bond donors (Lipinski definition) is 1. The number of carbonyl (C=O) groups is 1. The van der Waals surface area contributed by atoms with Crippen LogP contribution in [0.2, 0.25) is 0 Å². The second kappa shape index (κ2) is 4.51. The van der Waals surface area contributed by atoms with Crippen molar-refractivity contribution < 1.29 is 9.53 Å². The topological polar surface area (TPSA) is 38.3 Å². The molecule has 1 aromatic rings. The summed E-state index contributed by atoms with van der Waals surface area (Å²) in [7, 11) is 0. The Morgan fingerprint density at radius 3 is 2.65 bits per heavy atom. The van der Waals surface area contributed by atoms with Crippen molar-refractivity contribution in [3.8, 4) is 5.75 Å². The van der Waals surface area contributed by atoms with Crippen molar-refractivity contribution in [1.29, 1.82) is 0 Å². The van der Waals surface area contributed by atoms with Crippen molar-refractivity contribution in [3.05, 3.63) is 24.3 Å². The summed E-state index contributed by atoms with van der Waals surface area (Å²) in [6, 6.07) is 7.72. The Balaban J connectivity index is 1.47. The molecule has 0 unspecified atom stereocenters. The van der Waals surface area contributed by atoms with Gasteiger partial charge < -0.3 is 10.1 Å². The Kier molecular flexibility index (Phi) is 2.76. The molecule has 20 heavy (non-hydrogen) atoms. The highest BCUT2D eigenvalue weighted by Gasteiger charge is 2.67. The lowest BCUT2D eigenvalue weighted by molar-refractivity contribution is -0.118. The molecule has 4 atom stereocenters. The Bertz CT molecular complexity index is 526. The van der Waals surface area contributed by atoms with Crippen molar-refractivity contribution in [2.24, 2.45) is 29.6 Å². The zero-order chi connectivity index (χ0) is 13.7. The summed E-state index contributed by atoms with van der Waals surface area (Å²) in [5, 5.41) is 3.09. The standard InChI is InChI=1S/C17H21NO2/c1-2-20-13-6-4-3-5-12(13)18-17(19)16-14-10-7-8-11(9-10)15(14)16/h3-6,10-11,14-16H,2,7-9H2,1H3,(H,18,19)/t10-,11-,14-,15-/m0/s1. The normalized spacial score (nSPS) is 36.5. The number of anilines is 1. The van der Waals surface area contributed by atoms with Gasteiger partial charge in [-0.25, -0.2) is 0 Å². The third-order valence-electron chi connectivity index (χ3n) is 5.48. The molecular weight excluding hydrogens is 250 g/mol. The summed E-state index contributed by atoms with van der Waals surface area (Å²) < 4.78 is 5.57. The van der Waals surface area contributed by atoms with Gasteiger partial charge in [-0.15, -0.1) is 0 Å². The van der Waals surface area contributed by atoms with Crippen LogP contribution in [0, 0.1) is 29.6 Å². The van der Waals surface area contributed by atoms with Gasteiger partial charge in [0.15, 0.2) is 0 Å². The summed E-state index contributed by atoms with van der Waals surface area (Å²) in [5.41, 5.74) is 0.816. The maximum Gasteiger partial charge on any atom is 0.228 e. The molecule has 3 aliphatic rings. The average Bonchev–Trinajstić information content (AvgIpc) is 2.90. The van der Waals surface area contributed by atoms with Crippen molar-refractivity contribution >= 4 is 11.6 Å². The molecule has 0 saturated heterocycles. The second-order valence-electron chi connectivity index (χ2n) is 6.43. The number of nitrogens with one attached hydrogen (secondary N) is 1. The first kappa shape index (κ1) is 12.2. The van der Waals surface area contributed by atoms with Gasteiger partial charge in [-0.1, -0.05) is 12.1 Å². The quantitative estimate of drug-likeness (QED) is 0.912. The van der Waals surface area contributed by atoms with E-state index in [2.05, 4.69) is 5.32 Å². The number of benzene rings is 1. The van der Waals surface area contributed by atoms with E-state index in [1.165, 1.54) is 19.3 Å². The smallest absolute Gasteiger partial charge is 0.228 e. The lowest BCUT2D eigenvalue weighted by Crippen LogP contribution is -2.19. The third kappa shape index (κ3) is 1.75. The van der Waals surface area contributed by atoms with Crippen LogP contribution in [0.15, 0.2) is 24.3 Å². The highest BCUT2D eigenvalue weighted by atomic mass is 16.5. The van der Waals surface area contributed by atoms with Gasteiger partial charge in [0, 0.05) is 5.92 Å². The number of rotatable bonds is 4. The predicted octanol–water partition coefficient (Wildman–Crippen LogP) is 3.32. The molecule has 106 valence electrons. The van der Waals surface area contributed by atoms with E-state index in [0.29, 0.717) is 18.4 Å². The Morgan fingerprint density at radius 2 is 1.95 bits per heavy atom. The van der Waals surface area contributed by atoms with E-state index in [0.717, 1.165) is 23.3 Å². The Hall–Kier alpha value is -1.51. The highest BCUT2D eigenvalue weighted by molar-refractivity contribution is 5.96. The van der Waals surface area contributed by atoms with Gasteiger partial charge in [0.1, 0.15) is 5.75 Å². The molecule has 3 fully saturated rings. The van der Waals surface area contributed by atoms with Crippen LogP contribution in [-0.2, 0) is 4.79 Å². The van der Waals surface area contributed by atoms with Crippen LogP contribution in [0.5, 0.6) is 5.75 Å². The summed E-state index contributed by atoms with van der Waals surface area (Å²) >= 11 is 0. The fourth-order valence-electron chi connectivity index (χ4n) is 4.74. The number of fused-ring (bicyclic) bond motifs is 5. The van der Waals surface area contributed by atoms with E-state index in [1.54, 1.807) is 0 Å². The van der Waals surface area contributed by atoms with Crippen molar-refractivity contribution in [2.45, 2.75) is 26.2 Å². The molecule has 3 heteroatoms. The van der Waals surface area contributed by atoms with Crippen LogP contribution in [-0.4, -0.2) is 12.5 Å². The van der Waals surface area contributed by atoms with Crippen LogP contribution in [0.4, 0.5) is 5.69 Å². The molecule has 1 aromatic carbocycles. The zero-order valence-electron chi connectivity index (χ0n) is 11.8. The van der Waals surface area contributed by atoms with Gasteiger partial charge in [0.05, 0.1) is 12.3 Å². The maximum absolute atomic E-state index is 12.5. The molecule has 4 rings (SSSR count). The molecule has 0 radical (unpaired) electrons. The summed E-state index contributed by atoms with van der Waals surface area (Å²) in [4.78, 5) is 12.5. The third-order valence-corrected chi connectivity index (χ3v) is 5.48. The number of carbonyl (C=O) groups excluding carboxylic acids is 1. The van der Waals surface area contributed by atoms with Crippen molar-refractivity contribution in [2.75, 3.05) is 11.9 Å². The van der Waals surface area contributed by atoms with Gasteiger partial charge in [0.25, 0.3) is 0 Å². The van der Waals surface area contributed by atoms with Gasteiger partial charge >= 0.3 is 0 Å². The van der Waals surface area contributed by atoms with E-state index < -0.39 is 0 Å². The van der Waals surface area contributed by atoms with Crippen molar-refractivity contribution in [3.63, 3.8) is 0 Å². The molecule has 1 amide bonds. The fourth-order valence-corrected chi connectivity index (χ4v) is 4.74. The highest BCUT2D eigenvalue weighted by Crippen LogP contribution is 2.69. The molecule has 0 aromatic heterocycles. The minimum absolute atomic E-state index is 0.212. The maximum atomic E-state index is 12.5. The lowest BCUT2D eigenvalue weighted by atomic mass is 10.0. The molecule has 0 spiro atoms. The van der Waals surface area contributed by atoms with Crippen LogP contribution >= 0.6 is 0 Å². The average molecular weight is 271 g/mol. The fraction of sp³-hybridized carbons (Fsp3) is 0.588. The SMILES string of the molecule is CCOc1ccccc1NC(=O)C1[C@H]2[C@H]3CC[C@@H](C3)[C@H]12. The molecule has 1 N–H and O–H groups in total. The number of amides is 1. The second-order valence-corrected chi connectivity index (χ2v) is 6.43. The summed E-state index contributed by atoms with van der Waals surface area (Å²) in [5.74, 6) is 4.31. The minimum Gasteiger partial charge on any atom is -0.492 e. The molecule has 0 heterocycles. The first-order valence-electron chi connectivity index (χ1n) is 7.82. The first-order valence-corrected chi connectivity index (χ1v) is 7.82. The lowest BCUT2D eigenvalue weighted by Gasteiger charge is -2.13. The van der Waals surface area contributed by atoms with E-state index in [9.17, 15) is 4.79 Å². The molecule has 2 bridgehead atoms. The Labute approximate surface area is 119 Å². The number of hydrogen-bond acceptors (Lipinski definition) is 2. The van der Waals surface area contributed by atoms with Gasteiger partial charge in [-0.05, 0) is 62.0 Å². The number of ether oxygens (including phenoxy) is 1. The molecule has 0 aliphatic heterocycles. The minimum atomic E-state index is 0.212. The van der Waals surface area contributed by atoms with Gasteiger partial charge in [0.2, 0.25) is 5.91 Å². The first-order chi connectivity index (χ1) is 9.79. The van der Waals surface area contributed by atoms with Gasteiger partial charge in [-0.3, -0.25) is 4.79 Å². The monoisotopic (exact) mass is 271 g/mol. The van der Waals surface area contributed by atoms with Crippen LogP contribution in [0.1, 0.15) is 26.2 Å². The van der Waals surface area contributed by atoms with Crippen LogP contribution < -0.4 is 10.1 Å². The largest absolute Gasteiger partial charge is 0.492 e. The van der Waals surface area contributed by atoms with Gasteiger partial charge in [-0.2, -0.15) is 0 Å². The molecule has 3 aliphatic carbocycles. The molecule has 3 saturated carbocycles. The molecular formula is C17H21NO2. The summed E-state index contributed by atoms with van der Waals surface area (Å²) in [6.07, 6.45) is 4.09. The van der Waals surface area contributed by atoms with E-state index >= 15 is 0 Å². The van der Waals surface area contributed by atoms with E-state index in [4.69, 9.17) is 4.74 Å². The van der Waals surface area contributed by atoms with E-state index in [-0.39, 0.29) is 11.8 Å². The Morgan fingerprint density at radius 1 is 1.25 bits per heavy atom. The zero-order valence-corrected chi connectivity index (χ0v) is 11.8. The summed E-state index contributed by atoms with van der Waals surface area (Å²) in [6.45, 7) is 2.58. The molecule has 3 nitrogen and oxygen atoms in total. The van der Waals surface area contributed by atoms with E-state index in [1.807, 2.05) is 31.2 Å². The number of para-hydroxylation sites is 2. The van der Waals surface area contributed by atoms with Crippen molar-refractivity contribution in [1.82, 2.24) is 0 Å². The van der Waals surface area contributed by atoms with Crippen LogP contribution in [0.25, 0.3) is 0 Å². The van der Waals surface area contributed by atoms with Crippen LogP contribution in [0.3, 0.4) is 0 Å². The predicted molar refractivity (Wildman–Crippen MR) is 77.5 cm³/mol.